The molecule has 0 bridgehead atoms. The summed E-state index contributed by atoms with van der Waals surface area (Å²) in [6.07, 6.45) is 5.68. The van der Waals surface area contributed by atoms with Crippen molar-refractivity contribution in [3.63, 3.8) is 0 Å². The third-order valence-corrected chi connectivity index (χ3v) is 7.68. The summed E-state index contributed by atoms with van der Waals surface area (Å²) < 4.78 is 1.93. The van der Waals surface area contributed by atoms with Crippen LogP contribution in [0, 0.1) is 0 Å². The van der Waals surface area contributed by atoms with Gasteiger partial charge in [0.1, 0.15) is 0 Å². The SMILES string of the molecule is O=C(CSc1nnc(-c2ccncc2)n1-c1ccccc1)Nc1ncc(Cc2c(Cl)cccc2Cl)s1. The zero-order valence-corrected chi connectivity index (χ0v) is 21.8. The summed E-state index contributed by atoms with van der Waals surface area (Å²) in [6, 6.07) is 19.0. The zero-order chi connectivity index (χ0) is 24.9. The van der Waals surface area contributed by atoms with Crippen LogP contribution < -0.4 is 5.32 Å². The molecule has 0 saturated carbocycles. The first-order valence-corrected chi connectivity index (χ1v) is 13.4. The van der Waals surface area contributed by atoms with Gasteiger partial charge in [0.05, 0.1) is 5.75 Å². The van der Waals surface area contributed by atoms with E-state index < -0.39 is 0 Å². The van der Waals surface area contributed by atoms with Crippen LogP contribution in [0.5, 0.6) is 0 Å². The minimum atomic E-state index is -0.190. The average Bonchev–Trinajstić information content (AvgIpc) is 3.53. The van der Waals surface area contributed by atoms with Gasteiger partial charge < -0.3 is 5.32 Å². The second-order valence-electron chi connectivity index (χ2n) is 7.56. The van der Waals surface area contributed by atoms with Crippen molar-refractivity contribution in [2.45, 2.75) is 11.6 Å². The second-order valence-corrected chi connectivity index (χ2v) is 10.4. The maximum Gasteiger partial charge on any atom is 0.236 e. The molecule has 3 heterocycles. The van der Waals surface area contributed by atoms with Crippen LogP contribution in [0.25, 0.3) is 17.1 Å². The van der Waals surface area contributed by atoms with Gasteiger partial charge in [0.25, 0.3) is 0 Å². The van der Waals surface area contributed by atoms with Crippen molar-refractivity contribution in [2.75, 3.05) is 11.1 Å². The molecule has 1 N–H and O–H groups in total. The molecule has 3 aromatic heterocycles. The number of hydrogen-bond donors (Lipinski definition) is 1. The molecule has 7 nitrogen and oxygen atoms in total. The monoisotopic (exact) mass is 552 g/mol. The summed E-state index contributed by atoms with van der Waals surface area (Å²) in [4.78, 5) is 22.1. The summed E-state index contributed by atoms with van der Waals surface area (Å²) in [5.74, 6) is 0.631. The predicted molar refractivity (Wildman–Crippen MR) is 145 cm³/mol. The topological polar surface area (TPSA) is 85.6 Å². The smallest absolute Gasteiger partial charge is 0.236 e. The molecule has 0 saturated heterocycles. The van der Waals surface area contributed by atoms with Crippen LogP contribution in [-0.4, -0.2) is 36.4 Å². The van der Waals surface area contributed by atoms with Gasteiger partial charge in [0.15, 0.2) is 16.1 Å². The van der Waals surface area contributed by atoms with E-state index in [2.05, 4.69) is 25.5 Å². The largest absolute Gasteiger partial charge is 0.301 e. The number of hydrogen-bond acceptors (Lipinski definition) is 7. The fourth-order valence-electron chi connectivity index (χ4n) is 3.47. The maximum absolute atomic E-state index is 12.7. The fraction of sp³-hybridized carbons (Fsp3) is 0.0800. The highest BCUT2D eigenvalue weighted by atomic mass is 35.5. The Hall–Kier alpha value is -3.24. The highest BCUT2D eigenvalue weighted by molar-refractivity contribution is 7.99. The van der Waals surface area contributed by atoms with Crippen LogP contribution in [0.1, 0.15) is 10.4 Å². The van der Waals surface area contributed by atoms with Gasteiger partial charge in [0.2, 0.25) is 5.91 Å². The van der Waals surface area contributed by atoms with Gasteiger partial charge in [-0.25, -0.2) is 4.98 Å². The van der Waals surface area contributed by atoms with Crippen LogP contribution in [-0.2, 0) is 11.2 Å². The number of thiazole rings is 1. The maximum atomic E-state index is 12.7. The first kappa shape index (κ1) is 24.5. The van der Waals surface area contributed by atoms with E-state index in [0.717, 1.165) is 21.7 Å². The number of anilines is 1. The van der Waals surface area contributed by atoms with E-state index in [9.17, 15) is 4.79 Å². The number of aromatic nitrogens is 5. The molecule has 0 fully saturated rings. The number of carbonyl (C=O) groups excluding carboxylic acids is 1. The predicted octanol–water partition coefficient (Wildman–Crippen LogP) is 6.41. The molecule has 0 unspecified atom stereocenters. The second kappa shape index (κ2) is 11.2. The van der Waals surface area contributed by atoms with Crippen molar-refractivity contribution in [1.82, 2.24) is 24.7 Å². The number of halogens is 2. The Morgan fingerprint density at radius 3 is 2.47 bits per heavy atom. The standard InChI is InChI=1S/C25H18Cl2N6OS2/c26-20-7-4-8-21(27)19(20)13-18-14-29-24(36-18)30-22(34)15-35-25-32-31-23(16-9-11-28-12-10-16)33(25)17-5-2-1-3-6-17/h1-12,14H,13,15H2,(H,29,30,34). The first-order valence-electron chi connectivity index (χ1n) is 10.8. The van der Waals surface area contributed by atoms with Gasteiger partial charge in [-0.05, 0) is 42.0 Å². The molecule has 0 radical (unpaired) electrons. The van der Waals surface area contributed by atoms with E-state index in [-0.39, 0.29) is 11.7 Å². The minimum absolute atomic E-state index is 0.145. The molecule has 0 aliphatic carbocycles. The highest BCUT2D eigenvalue weighted by Gasteiger charge is 2.18. The molecule has 5 aromatic rings. The molecule has 1 amide bonds. The number of thioether (sulfide) groups is 1. The quantitative estimate of drug-likeness (QED) is 0.224. The molecule has 0 aliphatic heterocycles. The van der Waals surface area contributed by atoms with Gasteiger partial charge in [-0.3, -0.25) is 14.3 Å². The molecular weight excluding hydrogens is 535 g/mol. The fourth-order valence-corrected chi connectivity index (χ4v) is 5.59. The van der Waals surface area contributed by atoms with Crippen molar-refractivity contribution in [1.29, 1.82) is 0 Å². The van der Waals surface area contributed by atoms with E-state index in [4.69, 9.17) is 23.2 Å². The number of nitrogens with one attached hydrogen (secondary N) is 1. The highest BCUT2D eigenvalue weighted by Crippen LogP contribution is 2.30. The number of amides is 1. The third kappa shape index (κ3) is 5.60. The Bertz CT molecular complexity index is 1470. The molecule has 0 spiro atoms. The Morgan fingerprint density at radius 1 is 0.972 bits per heavy atom. The Balaban J connectivity index is 1.28. The summed E-state index contributed by atoms with van der Waals surface area (Å²) >= 11 is 15.2. The molecule has 2 aromatic carbocycles. The van der Waals surface area contributed by atoms with Crippen molar-refractivity contribution < 1.29 is 4.79 Å². The van der Waals surface area contributed by atoms with Crippen LogP contribution in [0.15, 0.2) is 84.4 Å². The Kier molecular flexibility index (Phi) is 7.62. The summed E-state index contributed by atoms with van der Waals surface area (Å²) in [7, 11) is 0. The van der Waals surface area contributed by atoms with Gasteiger partial charge >= 0.3 is 0 Å². The lowest BCUT2D eigenvalue weighted by Gasteiger charge is -2.10. The Morgan fingerprint density at radius 2 is 1.72 bits per heavy atom. The van der Waals surface area contributed by atoms with Crippen molar-refractivity contribution in [3.05, 3.63) is 99.7 Å². The third-order valence-electron chi connectivity index (χ3n) is 5.13. The molecule has 11 heteroatoms. The van der Waals surface area contributed by atoms with E-state index in [1.54, 1.807) is 30.7 Å². The van der Waals surface area contributed by atoms with Crippen LogP contribution in [0.4, 0.5) is 5.13 Å². The van der Waals surface area contributed by atoms with E-state index in [1.807, 2.05) is 53.1 Å². The number of benzene rings is 2. The number of para-hydroxylation sites is 1. The summed E-state index contributed by atoms with van der Waals surface area (Å²) in [5, 5.41) is 13.9. The van der Waals surface area contributed by atoms with Crippen molar-refractivity contribution in [3.8, 4) is 17.1 Å². The lowest BCUT2D eigenvalue weighted by Crippen LogP contribution is -2.14. The molecule has 0 atom stereocenters. The zero-order valence-electron chi connectivity index (χ0n) is 18.6. The first-order chi connectivity index (χ1) is 17.6. The molecule has 0 aliphatic rings. The number of nitrogens with zero attached hydrogens (tertiary/aromatic N) is 5. The average molecular weight is 554 g/mol. The van der Waals surface area contributed by atoms with Crippen LogP contribution in [0.3, 0.4) is 0 Å². The summed E-state index contributed by atoms with van der Waals surface area (Å²) in [6.45, 7) is 0. The number of carbonyl (C=O) groups is 1. The summed E-state index contributed by atoms with van der Waals surface area (Å²) in [5.41, 5.74) is 2.62. The van der Waals surface area contributed by atoms with Gasteiger partial charge in [0, 0.05) is 51.2 Å². The van der Waals surface area contributed by atoms with Crippen molar-refractivity contribution in [2.24, 2.45) is 0 Å². The van der Waals surface area contributed by atoms with Gasteiger partial charge in [-0.1, -0.05) is 59.2 Å². The van der Waals surface area contributed by atoms with Crippen LogP contribution in [0.2, 0.25) is 10.0 Å². The van der Waals surface area contributed by atoms with Gasteiger partial charge in [-0.15, -0.1) is 21.5 Å². The van der Waals surface area contributed by atoms with Gasteiger partial charge in [-0.2, -0.15) is 0 Å². The molecule has 5 rings (SSSR count). The van der Waals surface area contributed by atoms with E-state index >= 15 is 0 Å². The minimum Gasteiger partial charge on any atom is -0.301 e. The Labute approximate surface area is 225 Å². The number of pyridine rings is 1. The van der Waals surface area contributed by atoms with E-state index in [0.29, 0.717) is 32.6 Å². The molecule has 180 valence electrons. The molecular formula is C25H18Cl2N6OS2. The van der Waals surface area contributed by atoms with Crippen LogP contribution >= 0.6 is 46.3 Å². The van der Waals surface area contributed by atoms with E-state index in [1.165, 1.54) is 23.1 Å². The lowest BCUT2D eigenvalue weighted by atomic mass is 10.1. The lowest BCUT2D eigenvalue weighted by molar-refractivity contribution is -0.113. The van der Waals surface area contributed by atoms with Crippen molar-refractivity contribution >= 4 is 57.3 Å². The normalized spacial score (nSPS) is 10.9. The number of rotatable bonds is 8. The molecule has 36 heavy (non-hydrogen) atoms.